The Morgan fingerprint density at radius 2 is 1.33 bits per heavy atom. The number of aromatic nitrogens is 4. The molecule has 4 rings (SSSR count). The second-order valence-corrected chi connectivity index (χ2v) is 5.43. The molecule has 0 radical (unpaired) electrons. The summed E-state index contributed by atoms with van der Waals surface area (Å²) in [4.78, 5) is 20.8. The number of rotatable bonds is 4. The third-order valence-electron chi connectivity index (χ3n) is 3.69. The van der Waals surface area contributed by atoms with Gasteiger partial charge in [-0.1, -0.05) is 12.1 Å². The molecule has 0 aliphatic rings. The lowest BCUT2D eigenvalue weighted by molar-refractivity contribution is 0.240. The highest BCUT2D eigenvalue weighted by molar-refractivity contribution is 5.73. The summed E-state index contributed by atoms with van der Waals surface area (Å²) in [5.74, 6) is 0. The van der Waals surface area contributed by atoms with Gasteiger partial charge in [-0.15, -0.1) is 0 Å². The highest BCUT2D eigenvalue weighted by Crippen LogP contribution is 2.05. The maximum atomic E-state index is 11.9. The minimum absolute atomic E-state index is 0.246. The zero-order chi connectivity index (χ0) is 16.4. The minimum atomic E-state index is -0.246. The molecule has 4 aromatic rings. The maximum absolute atomic E-state index is 11.9. The van der Waals surface area contributed by atoms with Crippen molar-refractivity contribution < 1.29 is 4.79 Å². The van der Waals surface area contributed by atoms with E-state index in [4.69, 9.17) is 0 Å². The van der Waals surface area contributed by atoms with Crippen LogP contribution < -0.4 is 10.6 Å². The molecule has 2 amide bonds. The van der Waals surface area contributed by atoms with Crippen LogP contribution >= 0.6 is 0 Å². The Balaban J connectivity index is 1.33. The molecule has 7 heteroatoms. The van der Waals surface area contributed by atoms with Gasteiger partial charge in [0.1, 0.15) is 11.3 Å². The van der Waals surface area contributed by atoms with Crippen molar-refractivity contribution >= 4 is 17.3 Å². The number of amides is 2. The maximum Gasteiger partial charge on any atom is 0.315 e. The van der Waals surface area contributed by atoms with Crippen LogP contribution in [0.25, 0.3) is 11.3 Å². The van der Waals surface area contributed by atoms with Gasteiger partial charge < -0.3 is 19.4 Å². The topological polar surface area (TPSA) is 75.7 Å². The predicted octanol–water partition coefficient (Wildman–Crippen LogP) is 1.98. The molecule has 0 aliphatic carbocycles. The molecule has 0 saturated carbocycles. The van der Waals surface area contributed by atoms with E-state index >= 15 is 0 Å². The number of nitrogens with one attached hydrogen (secondary N) is 2. The van der Waals surface area contributed by atoms with Crippen LogP contribution in [0.4, 0.5) is 4.79 Å². The molecule has 0 bridgehead atoms. The van der Waals surface area contributed by atoms with Crippen molar-refractivity contribution in [3.63, 3.8) is 0 Å². The molecular weight excluding hydrogens is 304 g/mol. The fraction of sp³-hybridized carbons (Fsp3) is 0.118. The largest absolute Gasteiger partial charge is 0.332 e. The van der Waals surface area contributed by atoms with Crippen LogP contribution in [0, 0.1) is 0 Å². The fourth-order valence-corrected chi connectivity index (χ4v) is 2.55. The molecule has 0 fully saturated rings. The molecule has 4 aromatic heterocycles. The highest BCUT2D eigenvalue weighted by Gasteiger charge is 2.06. The summed E-state index contributed by atoms with van der Waals surface area (Å²) in [6.45, 7) is 0.747. The average molecular weight is 320 g/mol. The summed E-state index contributed by atoms with van der Waals surface area (Å²) < 4.78 is 3.84. The van der Waals surface area contributed by atoms with E-state index in [0.29, 0.717) is 13.1 Å². The average Bonchev–Trinajstić information content (AvgIpc) is 3.21. The normalized spacial score (nSPS) is 11.0. The first-order valence-corrected chi connectivity index (χ1v) is 7.65. The van der Waals surface area contributed by atoms with Crippen LogP contribution in [0.3, 0.4) is 0 Å². The number of urea groups is 1. The Hall–Kier alpha value is -3.35. The smallest absolute Gasteiger partial charge is 0.315 e. The molecule has 0 aromatic carbocycles. The number of carbonyl (C=O) groups is 1. The first kappa shape index (κ1) is 14.3. The predicted molar refractivity (Wildman–Crippen MR) is 89.5 cm³/mol. The Kier molecular flexibility index (Phi) is 3.59. The van der Waals surface area contributed by atoms with E-state index in [2.05, 4.69) is 20.6 Å². The molecule has 24 heavy (non-hydrogen) atoms. The van der Waals surface area contributed by atoms with Crippen LogP contribution in [0.15, 0.2) is 61.2 Å². The number of hydrogen-bond acceptors (Lipinski definition) is 3. The Bertz CT molecular complexity index is 856. The van der Waals surface area contributed by atoms with E-state index < -0.39 is 0 Å². The van der Waals surface area contributed by atoms with Crippen molar-refractivity contribution in [2.24, 2.45) is 0 Å². The Morgan fingerprint density at radius 1 is 0.833 bits per heavy atom. The first-order chi connectivity index (χ1) is 11.8. The van der Waals surface area contributed by atoms with Gasteiger partial charge in [0, 0.05) is 24.8 Å². The molecule has 7 nitrogen and oxygen atoms in total. The summed E-state index contributed by atoms with van der Waals surface area (Å²) in [5, 5.41) is 5.61. The first-order valence-electron chi connectivity index (χ1n) is 7.65. The van der Waals surface area contributed by atoms with Gasteiger partial charge in [-0.2, -0.15) is 0 Å². The van der Waals surface area contributed by atoms with Crippen molar-refractivity contribution in [3.8, 4) is 0 Å². The summed E-state index contributed by atoms with van der Waals surface area (Å²) in [6, 6.07) is 11.3. The van der Waals surface area contributed by atoms with Gasteiger partial charge in [0.15, 0.2) is 0 Å². The van der Waals surface area contributed by atoms with Crippen molar-refractivity contribution in [2.75, 3.05) is 0 Å². The van der Waals surface area contributed by atoms with Gasteiger partial charge in [0.2, 0.25) is 0 Å². The SMILES string of the molecule is O=C(NCc1cn2ccccc2n1)NCc1cn2ccccc2n1. The second-order valence-electron chi connectivity index (χ2n) is 5.43. The summed E-state index contributed by atoms with van der Waals surface area (Å²) >= 11 is 0. The lowest BCUT2D eigenvalue weighted by Crippen LogP contribution is -2.34. The standard InChI is InChI=1S/C17H16N6O/c24-17(18-9-13-11-22-7-3-1-5-15(22)20-13)19-10-14-12-23-8-4-2-6-16(23)21-14/h1-8,11-12H,9-10H2,(H2,18,19,24). The van der Waals surface area contributed by atoms with Crippen LogP contribution in [0.5, 0.6) is 0 Å². The van der Waals surface area contributed by atoms with Gasteiger partial charge in [0.25, 0.3) is 0 Å². The third-order valence-corrected chi connectivity index (χ3v) is 3.69. The number of fused-ring (bicyclic) bond motifs is 2. The fourth-order valence-electron chi connectivity index (χ4n) is 2.55. The number of carbonyl (C=O) groups excluding carboxylic acids is 1. The van der Waals surface area contributed by atoms with E-state index in [9.17, 15) is 4.79 Å². The molecule has 0 aliphatic heterocycles. The Labute approximate surface area is 138 Å². The Morgan fingerprint density at radius 3 is 1.79 bits per heavy atom. The van der Waals surface area contributed by atoms with Gasteiger partial charge in [0.05, 0.1) is 24.5 Å². The van der Waals surface area contributed by atoms with Crippen LogP contribution in [-0.4, -0.2) is 24.8 Å². The molecule has 0 spiro atoms. The molecule has 4 heterocycles. The monoisotopic (exact) mass is 320 g/mol. The summed E-state index contributed by atoms with van der Waals surface area (Å²) in [7, 11) is 0. The van der Waals surface area contributed by atoms with E-state index in [-0.39, 0.29) is 6.03 Å². The number of pyridine rings is 2. The summed E-state index contributed by atoms with van der Waals surface area (Å²) in [5.41, 5.74) is 3.34. The molecule has 0 unspecified atom stereocenters. The van der Waals surface area contributed by atoms with E-state index in [1.165, 1.54) is 0 Å². The third kappa shape index (κ3) is 2.91. The van der Waals surface area contributed by atoms with Crippen molar-refractivity contribution in [1.82, 2.24) is 29.4 Å². The molecule has 120 valence electrons. The number of imidazole rings is 2. The van der Waals surface area contributed by atoms with Crippen LogP contribution in [-0.2, 0) is 13.1 Å². The van der Waals surface area contributed by atoms with Gasteiger partial charge in [-0.05, 0) is 24.3 Å². The van der Waals surface area contributed by atoms with E-state index in [1.54, 1.807) is 0 Å². The molecule has 0 saturated heterocycles. The lowest BCUT2D eigenvalue weighted by Gasteiger charge is -2.04. The zero-order valence-electron chi connectivity index (χ0n) is 12.9. The minimum Gasteiger partial charge on any atom is -0.332 e. The van der Waals surface area contributed by atoms with E-state index in [0.717, 1.165) is 22.7 Å². The van der Waals surface area contributed by atoms with Crippen molar-refractivity contribution in [1.29, 1.82) is 0 Å². The number of nitrogens with zero attached hydrogens (tertiary/aromatic N) is 4. The second kappa shape index (κ2) is 6.04. The van der Waals surface area contributed by atoms with Gasteiger partial charge >= 0.3 is 6.03 Å². The van der Waals surface area contributed by atoms with Gasteiger partial charge in [-0.3, -0.25) is 0 Å². The molecule has 2 N–H and O–H groups in total. The van der Waals surface area contributed by atoms with Crippen molar-refractivity contribution in [2.45, 2.75) is 13.1 Å². The summed E-state index contributed by atoms with van der Waals surface area (Å²) in [6.07, 6.45) is 7.65. The van der Waals surface area contributed by atoms with Gasteiger partial charge in [-0.25, -0.2) is 14.8 Å². The highest BCUT2D eigenvalue weighted by atomic mass is 16.2. The quantitative estimate of drug-likeness (QED) is 0.604. The zero-order valence-corrected chi connectivity index (χ0v) is 12.9. The number of hydrogen-bond donors (Lipinski definition) is 2. The van der Waals surface area contributed by atoms with Crippen LogP contribution in [0.2, 0.25) is 0 Å². The molecular formula is C17H16N6O. The van der Waals surface area contributed by atoms with Crippen LogP contribution in [0.1, 0.15) is 11.4 Å². The van der Waals surface area contributed by atoms with E-state index in [1.807, 2.05) is 70.0 Å². The molecule has 0 atom stereocenters. The lowest BCUT2D eigenvalue weighted by atomic mass is 10.4. The van der Waals surface area contributed by atoms with Crippen molar-refractivity contribution in [3.05, 3.63) is 72.6 Å².